The Morgan fingerprint density at radius 1 is 1.53 bits per heavy atom. The van der Waals surface area contributed by atoms with Crippen LogP contribution >= 0.6 is 0 Å². The Labute approximate surface area is 87.5 Å². The fourth-order valence-corrected chi connectivity index (χ4v) is 1.67. The van der Waals surface area contributed by atoms with Crippen LogP contribution in [0.15, 0.2) is 29.6 Å². The molecule has 80 valence electrons. The average molecular weight is 208 g/mol. The largest absolute Gasteiger partial charge is 0.496 e. The molecule has 1 fully saturated rings. The van der Waals surface area contributed by atoms with Gasteiger partial charge in [-0.05, 0) is 6.07 Å². The Morgan fingerprint density at radius 2 is 2.33 bits per heavy atom. The predicted molar refractivity (Wildman–Crippen MR) is 54.2 cm³/mol. The zero-order chi connectivity index (χ0) is 10.7. The van der Waals surface area contributed by atoms with E-state index >= 15 is 0 Å². The van der Waals surface area contributed by atoms with Crippen LogP contribution in [-0.2, 0) is 4.74 Å². The van der Waals surface area contributed by atoms with Crippen molar-refractivity contribution in [3.63, 3.8) is 0 Å². The molecule has 0 amide bonds. The molecule has 0 spiro atoms. The minimum absolute atomic E-state index is 0.418. The van der Waals surface area contributed by atoms with Gasteiger partial charge in [0.25, 0.3) is 0 Å². The summed E-state index contributed by atoms with van der Waals surface area (Å²) in [6.45, 7) is 1.03. The molecule has 5 nitrogen and oxygen atoms in total. The fraction of sp³-hybridized carbons (Fsp3) is 0.400. The third-order valence-electron chi connectivity index (χ3n) is 2.38. The highest BCUT2D eigenvalue weighted by molar-refractivity contribution is 5.35. The number of nitrogens with zero attached hydrogens (tertiary/aromatic N) is 2. The number of methoxy groups -OCH3 is 1. The van der Waals surface area contributed by atoms with E-state index in [-0.39, 0.29) is 0 Å². The molecular weight excluding hydrogens is 196 g/mol. The van der Waals surface area contributed by atoms with Crippen LogP contribution in [-0.4, -0.2) is 25.3 Å². The maximum absolute atomic E-state index is 10.5. The highest BCUT2D eigenvalue weighted by Gasteiger charge is 2.29. The first-order chi connectivity index (χ1) is 7.36. The van der Waals surface area contributed by atoms with Crippen molar-refractivity contribution < 1.29 is 9.47 Å². The summed E-state index contributed by atoms with van der Waals surface area (Å²) in [5, 5.41) is 4.30. The Bertz CT molecular complexity index is 356. The monoisotopic (exact) mass is 208 g/mol. The molecule has 1 aromatic carbocycles. The molecule has 1 aromatic rings. The van der Waals surface area contributed by atoms with Gasteiger partial charge in [-0.25, -0.2) is 5.01 Å². The zero-order valence-electron chi connectivity index (χ0n) is 8.42. The van der Waals surface area contributed by atoms with Gasteiger partial charge in [0.1, 0.15) is 5.75 Å². The van der Waals surface area contributed by atoms with Crippen LogP contribution in [0.5, 0.6) is 5.75 Å². The minimum Gasteiger partial charge on any atom is -0.496 e. The molecule has 0 radical (unpaired) electrons. The Kier molecular flexibility index (Phi) is 2.82. The van der Waals surface area contributed by atoms with E-state index in [1.807, 2.05) is 24.3 Å². The van der Waals surface area contributed by atoms with Gasteiger partial charge in [-0.15, -0.1) is 4.91 Å². The van der Waals surface area contributed by atoms with Crippen molar-refractivity contribution >= 4 is 0 Å². The zero-order valence-corrected chi connectivity index (χ0v) is 8.42. The van der Waals surface area contributed by atoms with Crippen LogP contribution < -0.4 is 4.74 Å². The second kappa shape index (κ2) is 4.27. The summed E-state index contributed by atoms with van der Waals surface area (Å²) >= 11 is 0. The van der Waals surface area contributed by atoms with Gasteiger partial charge in [0.15, 0.2) is 6.23 Å². The number of nitroso groups, excluding NO2 is 1. The van der Waals surface area contributed by atoms with E-state index in [1.54, 1.807) is 7.11 Å². The quantitative estimate of drug-likeness (QED) is 0.709. The van der Waals surface area contributed by atoms with Crippen molar-refractivity contribution in [3.8, 4) is 5.75 Å². The van der Waals surface area contributed by atoms with Gasteiger partial charge in [-0.1, -0.05) is 18.2 Å². The summed E-state index contributed by atoms with van der Waals surface area (Å²) in [7, 11) is 1.59. The summed E-state index contributed by atoms with van der Waals surface area (Å²) in [6.07, 6.45) is -0.418. The summed E-state index contributed by atoms with van der Waals surface area (Å²) in [5.74, 6) is 0.707. The average Bonchev–Trinajstić information content (AvgIpc) is 2.76. The minimum atomic E-state index is -0.418. The van der Waals surface area contributed by atoms with Crippen molar-refractivity contribution in [2.45, 2.75) is 6.23 Å². The van der Waals surface area contributed by atoms with Crippen molar-refractivity contribution in [2.24, 2.45) is 5.29 Å². The number of para-hydroxylation sites is 1. The van der Waals surface area contributed by atoms with E-state index in [0.29, 0.717) is 18.9 Å². The molecule has 1 aliphatic rings. The Balaban J connectivity index is 2.31. The standard InChI is InChI=1S/C10H12N2O3/c1-14-9-5-3-2-4-8(9)10-12(11-13)6-7-15-10/h2-5,10H,6-7H2,1H3. The lowest BCUT2D eigenvalue weighted by Crippen LogP contribution is -2.17. The maximum atomic E-state index is 10.5. The van der Waals surface area contributed by atoms with E-state index < -0.39 is 6.23 Å². The molecule has 1 saturated heterocycles. The topological polar surface area (TPSA) is 51.1 Å². The third-order valence-corrected chi connectivity index (χ3v) is 2.38. The van der Waals surface area contributed by atoms with E-state index in [2.05, 4.69) is 5.29 Å². The third kappa shape index (κ3) is 1.78. The second-order valence-corrected chi connectivity index (χ2v) is 3.21. The van der Waals surface area contributed by atoms with E-state index in [0.717, 1.165) is 5.56 Å². The molecule has 1 aliphatic heterocycles. The van der Waals surface area contributed by atoms with E-state index in [4.69, 9.17) is 9.47 Å². The maximum Gasteiger partial charge on any atom is 0.178 e. The van der Waals surface area contributed by atoms with Gasteiger partial charge in [0.05, 0.1) is 25.5 Å². The highest BCUT2D eigenvalue weighted by atomic mass is 16.5. The molecule has 5 heteroatoms. The van der Waals surface area contributed by atoms with Gasteiger partial charge in [-0.3, -0.25) is 0 Å². The Morgan fingerprint density at radius 3 is 3.07 bits per heavy atom. The normalized spacial score (nSPS) is 20.3. The van der Waals surface area contributed by atoms with Crippen LogP contribution in [0.3, 0.4) is 0 Å². The smallest absolute Gasteiger partial charge is 0.178 e. The molecule has 0 aliphatic carbocycles. The van der Waals surface area contributed by atoms with Crippen LogP contribution in [0, 0.1) is 4.91 Å². The summed E-state index contributed by atoms with van der Waals surface area (Å²) in [5.41, 5.74) is 0.831. The molecule has 1 unspecified atom stereocenters. The number of benzene rings is 1. The Hall–Kier alpha value is -1.62. The second-order valence-electron chi connectivity index (χ2n) is 3.21. The lowest BCUT2D eigenvalue weighted by atomic mass is 10.1. The number of hydrogen-bond donors (Lipinski definition) is 0. The number of ether oxygens (including phenoxy) is 2. The molecule has 0 aromatic heterocycles. The first-order valence-corrected chi connectivity index (χ1v) is 4.71. The predicted octanol–water partition coefficient (Wildman–Crippen LogP) is 1.71. The van der Waals surface area contributed by atoms with Crippen LogP contribution in [0.4, 0.5) is 0 Å². The molecule has 0 saturated carbocycles. The lowest BCUT2D eigenvalue weighted by molar-refractivity contribution is 0.0311. The van der Waals surface area contributed by atoms with Crippen LogP contribution in [0.1, 0.15) is 11.8 Å². The number of hydrogen-bond acceptors (Lipinski definition) is 4. The molecule has 15 heavy (non-hydrogen) atoms. The first kappa shape index (κ1) is 9.92. The highest BCUT2D eigenvalue weighted by Crippen LogP contribution is 2.32. The van der Waals surface area contributed by atoms with E-state index in [9.17, 15) is 4.91 Å². The van der Waals surface area contributed by atoms with Gasteiger partial charge in [0, 0.05) is 5.56 Å². The summed E-state index contributed by atoms with van der Waals surface area (Å²) in [4.78, 5) is 10.5. The fourth-order valence-electron chi connectivity index (χ4n) is 1.67. The van der Waals surface area contributed by atoms with Crippen molar-refractivity contribution in [3.05, 3.63) is 34.7 Å². The summed E-state index contributed by atoms with van der Waals surface area (Å²) in [6, 6.07) is 7.45. The van der Waals surface area contributed by atoms with Gasteiger partial charge < -0.3 is 9.47 Å². The molecule has 1 heterocycles. The van der Waals surface area contributed by atoms with Crippen molar-refractivity contribution in [1.82, 2.24) is 5.01 Å². The van der Waals surface area contributed by atoms with Crippen molar-refractivity contribution in [2.75, 3.05) is 20.3 Å². The summed E-state index contributed by atoms with van der Waals surface area (Å²) < 4.78 is 10.6. The molecular formula is C10H12N2O3. The van der Waals surface area contributed by atoms with Crippen LogP contribution in [0.2, 0.25) is 0 Å². The molecule has 1 atom stereocenters. The molecule has 0 bridgehead atoms. The lowest BCUT2D eigenvalue weighted by Gasteiger charge is -2.18. The van der Waals surface area contributed by atoms with E-state index in [1.165, 1.54) is 5.01 Å². The van der Waals surface area contributed by atoms with Crippen LogP contribution in [0.25, 0.3) is 0 Å². The van der Waals surface area contributed by atoms with Gasteiger partial charge >= 0.3 is 0 Å². The van der Waals surface area contributed by atoms with Gasteiger partial charge in [-0.2, -0.15) is 0 Å². The van der Waals surface area contributed by atoms with Gasteiger partial charge in [0.2, 0.25) is 0 Å². The molecule has 0 N–H and O–H groups in total. The number of rotatable bonds is 3. The SMILES string of the molecule is COc1ccccc1C1OCCN1N=O. The van der Waals surface area contributed by atoms with Crippen molar-refractivity contribution in [1.29, 1.82) is 0 Å². The molecule has 2 rings (SSSR count). The first-order valence-electron chi connectivity index (χ1n) is 4.71.